The zero-order valence-electron chi connectivity index (χ0n) is 15.2. The van der Waals surface area contributed by atoms with Crippen LogP contribution in [0.4, 0.5) is 0 Å². The first kappa shape index (κ1) is 18.2. The van der Waals surface area contributed by atoms with E-state index < -0.39 is 0 Å². The van der Waals surface area contributed by atoms with Gasteiger partial charge < -0.3 is 10.2 Å². The molecule has 5 nitrogen and oxygen atoms in total. The molecule has 0 saturated carbocycles. The molecule has 0 radical (unpaired) electrons. The fraction of sp³-hybridized carbons (Fsp3) is 0.765. The largest absolute Gasteiger partial charge is 0.357 e. The van der Waals surface area contributed by atoms with Crippen molar-refractivity contribution in [2.75, 3.05) is 32.4 Å². The molecule has 1 saturated heterocycles. The summed E-state index contributed by atoms with van der Waals surface area (Å²) in [5.74, 6) is 1.76. The molecule has 23 heavy (non-hydrogen) atoms. The summed E-state index contributed by atoms with van der Waals surface area (Å²) in [4.78, 5) is 7.30. The fourth-order valence-corrected chi connectivity index (χ4v) is 3.05. The molecule has 1 aliphatic heterocycles. The van der Waals surface area contributed by atoms with Crippen molar-refractivity contribution < 1.29 is 0 Å². The van der Waals surface area contributed by atoms with Crippen LogP contribution in [0.2, 0.25) is 0 Å². The molecule has 1 fully saturated rings. The minimum absolute atomic E-state index is 0.190. The van der Waals surface area contributed by atoms with E-state index in [2.05, 4.69) is 48.5 Å². The van der Waals surface area contributed by atoms with Crippen molar-refractivity contribution in [2.45, 2.75) is 38.4 Å². The lowest BCUT2D eigenvalue weighted by molar-refractivity contribution is 0.459. The molecule has 1 unspecified atom stereocenters. The van der Waals surface area contributed by atoms with E-state index in [9.17, 15) is 0 Å². The Morgan fingerprint density at radius 2 is 2.30 bits per heavy atom. The molecule has 1 N–H and O–H groups in total. The third-order valence-corrected chi connectivity index (χ3v) is 5.60. The van der Waals surface area contributed by atoms with E-state index in [0.29, 0.717) is 5.92 Å². The summed E-state index contributed by atoms with van der Waals surface area (Å²) in [7, 11) is 1.98. The highest BCUT2D eigenvalue weighted by Crippen LogP contribution is 2.23. The van der Waals surface area contributed by atoms with Gasteiger partial charge in [-0.25, -0.2) is 0 Å². The summed E-state index contributed by atoms with van der Waals surface area (Å²) in [6.07, 6.45) is 8.61. The number of nitrogens with zero attached hydrogens (tertiary/aromatic N) is 4. The maximum absolute atomic E-state index is 4.88. The first-order valence-electron chi connectivity index (χ1n) is 8.49. The van der Waals surface area contributed by atoms with Crippen molar-refractivity contribution in [2.24, 2.45) is 18.0 Å². The molecule has 0 amide bonds. The zero-order valence-corrected chi connectivity index (χ0v) is 16.0. The second-order valence-corrected chi connectivity index (χ2v) is 8.47. The van der Waals surface area contributed by atoms with Crippen LogP contribution < -0.4 is 5.32 Å². The smallest absolute Gasteiger partial charge is 0.193 e. The van der Waals surface area contributed by atoms with Gasteiger partial charge in [0.1, 0.15) is 0 Å². The number of rotatable bonds is 6. The van der Waals surface area contributed by atoms with Gasteiger partial charge in [-0.2, -0.15) is 16.9 Å². The minimum atomic E-state index is 0.190. The van der Waals surface area contributed by atoms with Crippen LogP contribution in [0.15, 0.2) is 17.4 Å². The number of guanidine groups is 1. The third-order valence-electron chi connectivity index (χ3n) is 4.37. The number of hydrogen-bond donors (Lipinski definition) is 1. The van der Waals surface area contributed by atoms with Crippen molar-refractivity contribution >= 4 is 17.7 Å². The van der Waals surface area contributed by atoms with Gasteiger partial charge in [-0.15, -0.1) is 0 Å². The number of aryl methyl sites for hydroxylation is 1. The Bertz CT molecular complexity index is 523. The Morgan fingerprint density at radius 1 is 1.52 bits per heavy atom. The van der Waals surface area contributed by atoms with E-state index in [1.54, 1.807) is 0 Å². The molecular weight excluding hydrogens is 306 g/mol. The van der Waals surface area contributed by atoms with Crippen molar-refractivity contribution in [1.29, 1.82) is 0 Å². The summed E-state index contributed by atoms with van der Waals surface area (Å²) < 4.78 is 2.08. The second kappa shape index (κ2) is 8.08. The number of thioether (sulfide) groups is 1. The first-order valence-corrected chi connectivity index (χ1v) is 9.72. The molecule has 130 valence electrons. The quantitative estimate of drug-likeness (QED) is 0.639. The lowest BCUT2D eigenvalue weighted by Crippen LogP contribution is -2.41. The monoisotopic (exact) mass is 337 g/mol. The predicted octanol–water partition coefficient (Wildman–Crippen LogP) is 2.39. The molecule has 6 heteroatoms. The van der Waals surface area contributed by atoms with E-state index in [1.807, 2.05) is 29.7 Å². The van der Waals surface area contributed by atoms with Gasteiger partial charge in [-0.05, 0) is 51.3 Å². The topological polar surface area (TPSA) is 45.5 Å². The average molecular weight is 338 g/mol. The number of aliphatic imine (C=N–C) groups is 1. The molecule has 1 aliphatic rings. The van der Waals surface area contributed by atoms with Crippen LogP contribution in [-0.2, 0) is 13.5 Å². The first-order chi connectivity index (χ1) is 10.9. The van der Waals surface area contributed by atoms with Gasteiger partial charge >= 0.3 is 0 Å². The number of hydrogen-bond acceptors (Lipinski definition) is 3. The van der Waals surface area contributed by atoms with Crippen LogP contribution in [0, 0.1) is 5.92 Å². The normalized spacial score (nSPS) is 19.4. The molecular formula is C17H31N5S. The molecule has 1 aromatic rings. The average Bonchev–Trinajstić information content (AvgIpc) is 3.13. The lowest BCUT2D eigenvalue weighted by Gasteiger charge is -2.24. The van der Waals surface area contributed by atoms with Crippen molar-refractivity contribution in [3.8, 4) is 0 Å². The predicted molar refractivity (Wildman–Crippen MR) is 100 cm³/mol. The van der Waals surface area contributed by atoms with Gasteiger partial charge in [0.05, 0.1) is 12.7 Å². The highest BCUT2D eigenvalue weighted by Gasteiger charge is 2.26. The highest BCUT2D eigenvalue weighted by molar-refractivity contribution is 7.99. The minimum Gasteiger partial charge on any atom is -0.357 e. The van der Waals surface area contributed by atoms with Crippen LogP contribution in [0.3, 0.4) is 0 Å². The van der Waals surface area contributed by atoms with Crippen LogP contribution in [0.5, 0.6) is 0 Å². The number of aromatic nitrogens is 2. The van der Waals surface area contributed by atoms with E-state index in [0.717, 1.165) is 38.6 Å². The summed E-state index contributed by atoms with van der Waals surface area (Å²) in [5.41, 5.74) is 1.34. The molecule has 1 aromatic heterocycles. The highest BCUT2D eigenvalue weighted by atomic mass is 32.2. The van der Waals surface area contributed by atoms with Gasteiger partial charge in [0.15, 0.2) is 5.96 Å². The Kier molecular flexibility index (Phi) is 6.39. The van der Waals surface area contributed by atoms with Crippen molar-refractivity contribution in [3.63, 3.8) is 0 Å². The molecule has 1 atom stereocenters. The molecule has 0 aromatic carbocycles. The Hall–Kier alpha value is -1.17. The van der Waals surface area contributed by atoms with E-state index in [-0.39, 0.29) is 4.75 Å². The SMILES string of the molecule is CCNC(=NCC(C)(C)SC)N1CCC(Cc2cnn(C)c2)C1. The van der Waals surface area contributed by atoms with E-state index in [1.165, 1.54) is 12.0 Å². The maximum Gasteiger partial charge on any atom is 0.193 e. The van der Waals surface area contributed by atoms with Crippen molar-refractivity contribution in [3.05, 3.63) is 18.0 Å². The van der Waals surface area contributed by atoms with E-state index in [4.69, 9.17) is 4.99 Å². The van der Waals surface area contributed by atoms with Gasteiger partial charge in [0.2, 0.25) is 0 Å². The van der Waals surface area contributed by atoms with Crippen LogP contribution >= 0.6 is 11.8 Å². The van der Waals surface area contributed by atoms with Crippen LogP contribution in [-0.4, -0.2) is 57.8 Å². The molecule has 2 rings (SSSR count). The second-order valence-electron chi connectivity index (χ2n) is 6.96. The number of likely N-dealkylation sites (tertiary alicyclic amines) is 1. The lowest BCUT2D eigenvalue weighted by atomic mass is 10.0. The van der Waals surface area contributed by atoms with Crippen LogP contribution in [0.25, 0.3) is 0 Å². The zero-order chi connectivity index (χ0) is 16.9. The molecule has 2 heterocycles. The maximum atomic E-state index is 4.88. The Labute approximate surface area is 144 Å². The standard InChI is InChI=1S/C17H31N5S/c1-6-18-16(19-13-17(2,3)23-5)22-8-7-14(12-22)9-15-10-20-21(4)11-15/h10-11,14H,6-9,12-13H2,1-5H3,(H,18,19). The molecule has 0 spiro atoms. The van der Waals surface area contributed by atoms with Crippen LogP contribution in [0.1, 0.15) is 32.8 Å². The van der Waals surface area contributed by atoms with Gasteiger partial charge in [0, 0.05) is 37.6 Å². The van der Waals surface area contributed by atoms with Gasteiger partial charge in [-0.1, -0.05) is 0 Å². The van der Waals surface area contributed by atoms with Gasteiger partial charge in [-0.3, -0.25) is 9.67 Å². The molecule has 0 bridgehead atoms. The van der Waals surface area contributed by atoms with Gasteiger partial charge in [0.25, 0.3) is 0 Å². The summed E-state index contributed by atoms with van der Waals surface area (Å²) in [6.45, 7) is 10.6. The molecule has 0 aliphatic carbocycles. The summed E-state index contributed by atoms with van der Waals surface area (Å²) in [5, 5.41) is 7.73. The third kappa shape index (κ3) is 5.44. The van der Waals surface area contributed by atoms with Crippen molar-refractivity contribution in [1.82, 2.24) is 20.0 Å². The fourth-order valence-electron chi connectivity index (χ4n) is 2.86. The summed E-state index contributed by atoms with van der Waals surface area (Å²) >= 11 is 1.87. The van der Waals surface area contributed by atoms with E-state index >= 15 is 0 Å². The number of nitrogens with one attached hydrogen (secondary N) is 1. The Morgan fingerprint density at radius 3 is 2.91 bits per heavy atom. The Balaban J connectivity index is 1.94. The summed E-state index contributed by atoms with van der Waals surface area (Å²) in [6, 6.07) is 0.